The SMILES string of the molecule is O=C(ON1C(=O)c2ccccc2C1=O)c1cc(C2CCOCC2)[nH]n1. The van der Waals surface area contributed by atoms with Gasteiger partial charge in [-0.25, -0.2) is 4.79 Å². The Morgan fingerprint density at radius 2 is 1.80 bits per heavy atom. The van der Waals surface area contributed by atoms with Crippen molar-refractivity contribution in [3.63, 3.8) is 0 Å². The van der Waals surface area contributed by atoms with E-state index in [2.05, 4.69) is 10.2 Å². The molecule has 0 bridgehead atoms. The van der Waals surface area contributed by atoms with Crippen molar-refractivity contribution in [2.75, 3.05) is 13.2 Å². The van der Waals surface area contributed by atoms with Crippen LogP contribution in [0.1, 0.15) is 55.7 Å². The minimum absolute atomic E-state index is 0.0260. The molecule has 0 radical (unpaired) electrons. The van der Waals surface area contributed by atoms with Gasteiger partial charge in [0.2, 0.25) is 0 Å². The Balaban J connectivity index is 1.49. The molecule has 2 aliphatic heterocycles. The molecule has 2 amide bonds. The summed E-state index contributed by atoms with van der Waals surface area (Å²) in [4.78, 5) is 41.7. The molecule has 25 heavy (non-hydrogen) atoms. The van der Waals surface area contributed by atoms with Crippen molar-refractivity contribution in [3.8, 4) is 0 Å². The highest BCUT2D eigenvalue weighted by molar-refractivity contribution is 6.21. The Bertz CT molecular complexity index is 818. The molecule has 8 nitrogen and oxygen atoms in total. The molecule has 0 spiro atoms. The molecule has 1 aromatic carbocycles. The van der Waals surface area contributed by atoms with E-state index in [1.54, 1.807) is 18.2 Å². The summed E-state index contributed by atoms with van der Waals surface area (Å²) in [5.74, 6) is -1.94. The maximum Gasteiger partial charge on any atom is 0.384 e. The van der Waals surface area contributed by atoms with Crippen LogP contribution in [0.5, 0.6) is 0 Å². The number of nitrogens with zero attached hydrogens (tertiary/aromatic N) is 2. The van der Waals surface area contributed by atoms with E-state index in [-0.39, 0.29) is 22.7 Å². The maximum absolute atomic E-state index is 12.3. The van der Waals surface area contributed by atoms with E-state index in [1.807, 2.05) is 0 Å². The lowest BCUT2D eigenvalue weighted by atomic mass is 9.96. The zero-order chi connectivity index (χ0) is 17.4. The van der Waals surface area contributed by atoms with Gasteiger partial charge in [0, 0.05) is 24.8 Å². The van der Waals surface area contributed by atoms with Crippen LogP contribution in [-0.2, 0) is 9.57 Å². The van der Waals surface area contributed by atoms with E-state index in [0.29, 0.717) is 18.3 Å². The predicted molar refractivity (Wildman–Crippen MR) is 83.7 cm³/mol. The molecular weight excluding hydrogens is 326 g/mol. The van der Waals surface area contributed by atoms with Crippen molar-refractivity contribution in [1.82, 2.24) is 15.3 Å². The minimum Gasteiger partial charge on any atom is -0.381 e. The molecule has 8 heteroatoms. The molecule has 0 saturated carbocycles. The number of hydrogen-bond acceptors (Lipinski definition) is 6. The lowest BCUT2D eigenvalue weighted by molar-refractivity contribution is -0.0588. The fourth-order valence-corrected chi connectivity index (χ4v) is 3.04. The Morgan fingerprint density at radius 1 is 1.16 bits per heavy atom. The van der Waals surface area contributed by atoms with E-state index < -0.39 is 17.8 Å². The number of benzene rings is 1. The molecular formula is C17H15N3O5. The number of rotatable bonds is 3. The van der Waals surface area contributed by atoms with Gasteiger partial charge in [-0.15, -0.1) is 0 Å². The topological polar surface area (TPSA) is 102 Å². The van der Waals surface area contributed by atoms with Crippen molar-refractivity contribution in [3.05, 3.63) is 52.8 Å². The Hall–Kier alpha value is -3.00. The normalized spacial score (nSPS) is 17.7. The number of nitrogens with one attached hydrogen (secondary N) is 1. The molecule has 1 aromatic heterocycles. The number of hydroxylamine groups is 2. The number of carbonyl (C=O) groups excluding carboxylic acids is 3. The first kappa shape index (κ1) is 15.5. The molecule has 2 aromatic rings. The monoisotopic (exact) mass is 341 g/mol. The third kappa shape index (κ3) is 2.70. The van der Waals surface area contributed by atoms with E-state index in [9.17, 15) is 14.4 Å². The molecule has 1 fully saturated rings. The number of aromatic nitrogens is 2. The summed E-state index contributed by atoms with van der Waals surface area (Å²) in [6.07, 6.45) is 1.68. The number of aromatic amines is 1. The van der Waals surface area contributed by atoms with E-state index >= 15 is 0 Å². The summed E-state index contributed by atoms with van der Waals surface area (Å²) < 4.78 is 5.31. The number of hydrogen-bond donors (Lipinski definition) is 1. The molecule has 3 heterocycles. The Kier molecular flexibility index (Phi) is 3.81. The fourth-order valence-electron chi connectivity index (χ4n) is 3.04. The van der Waals surface area contributed by atoms with Gasteiger partial charge in [-0.05, 0) is 31.0 Å². The van der Waals surface area contributed by atoms with Gasteiger partial charge >= 0.3 is 5.97 Å². The van der Waals surface area contributed by atoms with Crippen LogP contribution in [0.3, 0.4) is 0 Å². The molecule has 128 valence electrons. The van der Waals surface area contributed by atoms with Crippen molar-refractivity contribution >= 4 is 17.8 Å². The fraction of sp³-hybridized carbons (Fsp3) is 0.294. The summed E-state index contributed by atoms with van der Waals surface area (Å²) in [6, 6.07) is 7.91. The summed E-state index contributed by atoms with van der Waals surface area (Å²) in [6.45, 7) is 1.33. The average molecular weight is 341 g/mol. The number of ether oxygens (including phenoxy) is 1. The Morgan fingerprint density at radius 3 is 2.44 bits per heavy atom. The molecule has 0 aliphatic carbocycles. The first-order chi connectivity index (χ1) is 12.1. The van der Waals surface area contributed by atoms with Crippen LogP contribution in [0.25, 0.3) is 0 Å². The summed E-state index contributed by atoms with van der Waals surface area (Å²) in [7, 11) is 0. The standard InChI is InChI=1S/C17H15N3O5/c21-15-11-3-1-2-4-12(11)16(22)20(15)25-17(23)14-9-13(18-19-14)10-5-7-24-8-6-10/h1-4,9-10H,5-8H2,(H,18,19). The second-order valence-electron chi connectivity index (χ2n) is 5.92. The molecule has 2 aliphatic rings. The molecule has 4 rings (SSSR count). The van der Waals surface area contributed by atoms with Crippen LogP contribution in [0.2, 0.25) is 0 Å². The highest BCUT2D eigenvalue weighted by Crippen LogP contribution is 2.26. The first-order valence-electron chi connectivity index (χ1n) is 7.98. The second kappa shape index (κ2) is 6.14. The molecule has 1 saturated heterocycles. The third-order valence-corrected chi connectivity index (χ3v) is 4.40. The van der Waals surface area contributed by atoms with Crippen molar-refractivity contribution < 1.29 is 24.0 Å². The smallest absolute Gasteiger partial charge is 0.381 e. The zero-order valence-electron chi connectivity index (χ0n) is 13.2. The van der Waals surface area contributed by atoms with Crippen LogP contribution in [0, 0.1) is 0 Å². The van der Waals surface area contributed by atoms with Crippen LogP contribution in [0.4, 0.5) is 0 Å². The highest BCUT2D eigenvalue weighted by atomic mass is 16.7. The lowest BCUT2D eigenvalue weighted by Crippen LogP contribution is -2.32. The first-order valence-corrected chi connectivity index (χ1v) is 7.98. The largest absolute Gasteiger partial charge is 0.384 e. The summed E-state index contributed by atoms with van der Waals surface area (Å²) >= 11 is 0. The number of carbonyl (C=O) groups is 3. The average Bonchev–Trinajstić information content (AvgIpc) is 3.23. The van der Waals surface area contributed by atoms with E-state index in [1.165, 1.54) is 12.1 Å². The Labute approximate surface area is 142 Å². The number of fused-ring (bicyclic) bond motifs is 1. The van der Waals surface area contributed by atoms with Gasteiger partial charge in [0.1, 0.15) is 0 Å². The van der Waals surface area contributed by atoms with Gasteiger partial charge in [0.25, 0.3) is 11.8 Å². The third-order valence-electron chi connectivity index (χ3n) is 4.40. The minimum atomic E-state index is -0.857. The second-order valence-corrected chi connectivity index (χ2v) is 5.92. The van der Waals surface area contributed by atoms with Crippen LogP contribution in [-0.4, -0.2) is 46.3 Å². The van der Waals surface area contributed by atoms with Gasteiger partial charge < -0.3 is 9.57 Å². The predicted octanol–water partition coefficient (Wildman–Crippen LogP) is 1.67. The van der Waals surface area contributed by atoms with Crippen molar-refractivity contribution in [2.45, 2.75) is 18.8 Å². The lowest BCUT2D eigenvalue weighted by Gasteiger charge is -2.20. The van der Waals surface area contributed by atoms with Crippen LogP contribution in [0.15, 0.2) is 30.3 Å². The van der Waals surface area contributed by atoms with Crippen molar-refractivity contribution in [1.29, 1.82) is 0 Å². The van der Waals surface area contributed by atoms with Gasteiger partial charge in [-0.1, -0.05) is 17.2 Å². The van der Waals surface area contributed by atoms with E-state index in [0.717, 1.165) is 18.5 Å². The van der Waals surface area contributed by atoms with Gasteiger partial charge in [0.05, 0.1) is 11.1 Å². The van der Waals surface area contributed by atoms with Gasteiger partial charge in [-0.2, -0.15) is 5.10 Å². The molecule has 0 atom stereocenters. The summed E-state index contributed by atoms with van der Waals surface area (Å²) in [5, 5.41) is 7.25. The van der Waals surface area contributed by atoms with E-state index in [4.69, 9.17) is 9.57 Å². The molecule has 1 N–H and O–H groups in total. The number of amides is 2. The quantitative estimate of drug-likeness (QED) is 0.852. The van der Waals surface area contributed by atoms with Gasteiger partial charge in [0.15, 0.2) is 5.69 Å². The van der Waals surface area contributed by atoms with Crippen LogP contribution >= 0.6 is 0 Å². The van der Waals surface area contributed by atoms with Crippen molar-refractivity contribution in [2.24, 2.45) is 0 Å². The zero-order valence-corrected chi connectivity index (χ0v) is 13.2. The van der Waals surface area contributed by atoms with Gasteiger partial charge in [-0.3, -0.25) is 14.7 Å². The highest BCUT2D eigenvalue weighted by Gasteiger charge is 2.39. The number of imide groups is 1. The summed E-state index contributed by atoms with van der Waals surface area (Å²) in [5.41, 5.74) is 1.27. The maximum atomic E-state index is 12.3. The van der Waals surface area contributed by atoms with Crippen LogP contribution < -0.4 is 0 Å². The molecule has 0 unspecified atom stereocenters. The number of H-pyrrole nitrogens is 1.